The van der Waals surface area contributed by atoms with Gasteiger partial charge < -0.3 is 9.15 Å². The van der Waals surface area contributed by atoms with Crippen LogP contribution in [0, 0.1) is 11.3 Å². The first-order valence-electron chi connectivity index (χ1n) is 5.76. The van der Waals surface area contributed by atoms with Gasteiger partial charge in [0.05, 0.1) is 24.1 Å². The van der Waals surface area contributed by atoms with Crippen LogP contribution < -0.4 is 10.2 Å². The van der Waals surface area contributed by atoms with Crippen LogP contribution in [0.2, 0.25) is 0 Å². The summed E-state index contributed by atoms with van der Waals surface area (Å²) in [5.74, 6) is 0.657. The van der Waals surface area contributed by atoms with Gasteiger partial charge in [-0.25, -0.2) is 5.43 Å². The van der Waals surface area contributed by atoms with Crippen LogP contribution in [0.15, 0.2) is 52.2 Å². The Labute approximate surface area is 115 Å². The van der Waals surface area contributed by atoms with Gasteiger partial charge in [0.1, 0.15) is 11.5 Å². The van der Waals surface area contributed by atoms with Crippen molar-refractivity contribution < 1.29 is 13.9 Å². The lowest BCUT2D eigenvalue weighted by atomic mass is 10.2. The number of benzene rings is 1. The fourth-order valence-electron chi connectivity index (χ4n) is 1.34. The van der Waals surface area contributed by atoms with Crippen LogP contribution in [0.3, 0.4) is 0 Å². The Morgan fingerprint density at radius 2 is 2.20 bits per heavy atom. The van der Waals surface area contributed by atoms with E-state index >= 15 is 0 Å². The second-order valence-corrected chi connectivity index (χ2v) is 3.73. The lowest BCUT2D eigenvalue weighted by Crippen LogP contribution is -2.24. The highest BCUT2D eigenvalue weighted by Gasteiger charge is 2.01. The number of nitrogens with one attached hydrogen (secondary N) is 1. The fraction of sp³-hybridized carbons (Fsp3) is 0.0714. The predicted molar refractivity (Wildman–Crippen MR) is 71.1 cm³/mol. The molecule has 0 aliphatic carbocycles. The molecule has 6 heteroatoms. The van der Waals surface area contributed by atoms with Crippen LogP contribution in [-0.4, -0.2) is 18.7 Å². The zero-order valence-corrected chi connectivity index (χ0v) is 10.4. The average Bonchev–Trinajstić information content (AvgIpc) is 2.99. The van der Waals surface area contributed by atoms with E-state index in [-0.39, 0.29) is 6.61 Å². The molecule has 0 unspecified atom stereocenters. The number of amides is 1. The van der Waals surface area contributed by atoms with E-state index in [0.29, 0.717) is 17.1 Å². The third kappa shape index (κ3) is 3.99. The summed E-state index contributed by atoms with van der Waals surface area (Å²) in [5, 5.41) is 12.4. The van der Waals surface area contributed by atoms with Crippen molar-refractivity contribution in [3.8, 4) is 11.8 Å². The molecule has 6 nitrogen and oxygen atoms in total. The Kier molecular flexibility index (Phi) is 4.51. The molecular formula is C14H11N3O3. The number of ether oxygens (including phenoxy) is 1. The molecule has 2 aromatic rings. The highest BCUT2D eigenvalue weighted by molar-refractivity contribution is 5.81. The maximum atomic E-state index is 11.4. The third-order valence-electron chi connectivity index (χ3n) is 2.28. The summed E-state index contributed by atoms with van der Waals surface area (Å²) in [6, 6.07) is 11.9. The monoisotopic (exact) mass is 269 g/mol. The maximum Gasteiger partial charge on any atom is 0.277 e. The first kappa shape index (κ1) is 13.4. The number of nitriles is 1. The number of carbonyl (C=O) groups is 1. The quantitative estimate of drug-likeness (QED) is 0.660. The van der Waals surface area contributed by atoms with Gasteiger partial charge in [0.2, 0.25) is 0 Å². The second-order valence-electron chi connectivity index (χ2n) is 3.73. The summed E-state index contributed by atoms with van der Waals surface area (Å²) >= 11 is 0. The molecule has 0 aliphatic heterocycles. The molecule has 100 valence electrons. The van der Waals surface area contributed by atoms with Gasteiger partial charge in [-0.2, -0.15) is 10.4 Å². The summed E-state index contributed by atoms with van der Waals surface area (Å²) in [6.45, 7) is -0.165. The van der Waals surface area contributed by atoms with Crippen molar-refractivity contribution in [1.82, 2.24) is 5.43 Å². The summed E-state index contributed by atoms with van der Waals surface area (Å²) in [4.78, 5) is 11.4. The lowest BCUT2D eigenvalue weighted by molar-refractivity contribution is -0.123. The van der Waals surface area contributed by atoms with E-state index in [1.54, 1.807) is 36.4 Å². The van der Waals surface area contributed by atoms with Crippen molar-refractivity contribution in [2.45, 2.75) is 0 Å². The molecule has 0 saturated heterocycles. The van der Waals surface area contributed by atoms with Crippen molar-refractivity contribution in [3.05, 3.63) is 54.0 Å². The number of hydrogen-bond acceptors (Lipinski definition) is 5. The predicted octanol–water partition coefficient (Wildman–Crippen LogP) is 1.68. The number of carbonyl (C=O) groups excluding carboxylic acids is 1. The van der Waals surface area contributed by atoms with Crippen LogP contribution in [0.5, 0.6) is 5.75 Å². The van der Waals surface area contributed by atoms with Crippen LogP contribution in [-0.2, 0) is 4.79 Å². The van der Waals surface area contributed by atoms with Crippen molar-refractivity contribution in [1.29, 1.82) is 5.26 Å². The van der Waals surface area contributed by atoms with E-state index in [0.717, 1.165) is 0 Å². The van der Waals surface area contributed by atoms with Gasteiger partial charge in [0.15, 0.2) is 6.61 Å². The third-order valence-corrected chi connectivity index (χ3v) is 2.28. The van der Waals surface area contributed by atoms with Gasteiger partial charge in [0.25, 0.3) is 5.91 Å². The molecule has 0 saturated carbocycles. The molecule has 0 radical (unpaired) electrons. The van der Waals surface area contributed by atoms with Gasteiger partial charge >= 0.3 is 0 Å². The largest absolute Gasteiger partial charge is 0.484 e. The Morgan fingerprint density at radius 3 is 2.85 bits per heavy atom. The minimum atomic E-state index is -0.392. The van der Waals surface area contributed by atoms with Crippen molar-refractivity contribution in [2.24, 2.45) is 5.10 Å². The molecule has 0 bridgehead atoms. The SMILES string of the molecule is N#Cc1ccc(OCC(=O)N/N=C/c2ccco2)cc1. The molecule has 1 amide bonds. The highest BCUT2D eigenvalue weighted by atomic mass is 16.5. The molecule has 1 aromatic heterocycles. The van der Waals surface area contributed by atoms with Gasteiger partial charge in [-0.05, 0) is 36.4 Å². The van der Waals surface area contributed by atoms with E-state index in [1.165, 1.54) is 12.5 Å². The number of hydrogen-bond donors (Lipinski definition) is 1. The smallest absolute Gasteiger partial charge is 0.277 e. The molecule has 0 fully saturated rings. The average molecular weight is 269 g/mol. The Hall–Kier alpha value is -3.07. The van der Waals surface area contributed by atoms with Crippen LogP contribution >= 0.6 is 0 Å². The topological polar surface area (TPSA) is 87.6 Å². The first-order chi connectivity index (χ1) is 9.78. The molecule has 0 atom stereocenters. The van der Waals surface area contributed by atoms with E-state index in [4.69, 9.17) is 14.4 Å². The minimum Gasteiger partial charge on any atom is -0.484 e. The standard InChI is InChI=1S/C14H11N3O3/c15-8-11-3-5-12(6-4-11)20-10-14(18)17-16-9-13-2-1-7-19-13/h1-7,9H,10H2,(H,17,18)/b16-9+. The van der Waals surface area contributed by atoms with Gasteiger partial charge in [-0.15, -0.1) is 0 Å². The normalized spacial score (nSPS) is 10.2. The van der Waals surface area contributed by atoms with Crippen LogP contribution in [0.25, 0.3) is 0 Å². The van der Waals surface area contributed by atoms with Gasteiger partial charge in [-0.3, -0.25) is 4.79 Å². The zero-order valence-electron chi connectivity index (χ0n) is 10.4. The summed E-state index contributed by atoms with van der Waals surface area (Å²) in [6.07, 6.45) is 2.90. The molecule has 1 heterocycles. The van der Waals surface area contributed by atoms with Crippen LogP contribution in [0.4, 0.5) is 0 Å². The van der Waals surface area contributed by atoms with Crippen LogP contribution in [0.1, 0.15) is 11.3 Å². The molecule has 0 spiro atoms. The van der Waals surface area contributed by atoms with E-state index < -0.39 is 5.91 Å². The second kappa shape index (κ2) is 6.75. The number of hydrazone groups is 1. The van der Waals surface area contributed by atoms with Gasteiger partial charge in [-0.1, -0.05) is 0 Å². The van der Waals surface area contributed by atoms with E-state index in [1.807, 2.05) is 6.07 Å². The summed E-state index contributed by atoms with van der Waals surface area (Å²) in [7, 11) is 0. The Bertz CT molecular complexity index is 625. The summed E-state index contributed by atoms with van der Waals surface area (Å²) in [5.41, 5.74) is 2.84. The molecule has 1 aromatic carbocycles. The molecule has 0 aliphatic rings. The molecule has 1 N–H and O–H groups in total. The Balaban J connectivity index is 1.76. The number of nitrogens with zero attached hydrogens (tertiary/aromatic N) is 2. The van der Waals surface area contributed by atoms with E-state index in [9.17, 15) is 4.79 Å². The van der Waals surface area contributed by atoms with Crippen molar-refractivity contribution >= 4 is 12.1 Å². The fourth-order valence-corrected chi connectivity index (χ4v) is 1.34. The molecule has 20 heavy (non-hydrogen) atoms. The first-order valence-corrected chi connectivity index (χ1v) is 5.76. The minimum absolute atomic E-state index is 0.165. The lowest BCUT2D eigenvalue weighted by Gasteiger charge is -2.04. The Morgan fingerprint density at radius 1 is 1.40 bits per heavy atom. The molecule has 2 rings (SSSR count). The number of furan rings is 1. The maximum absolute atomic E-state index is 11.4. The zero-order chi connectivity index (χ0) is 14.2. The van der Waals surface area contributed by atoms with E-state index in [2.05, 4.69) is 10.5 Å². The number of rotatable bonds is 5. The summed E-state index contributed by atoms with van der Waals surface area (Å²) < 4.78 is 10.2. The molecular weight excluding hydrogens is 258 g/mol. The van der Waals surface area contributed by atoms with Crippen molar-refractivity contribution in [3.63, 3.8) is 0 Å². The van der Waals surface area contributed by atoms with Gasteiger partial charge in [0, 0.05) is 0 Å². The highest BCUT2D eigenvalue weighted by Crippen LogP contribution is 2.11. The van der Waals surface area contributed by atoms with Crippen molar-refractivity contribution in [2.75, 3.05) is 6.61 Å².